The number of phenolic OH excluding ortho intramolecular Hbond substituents is 1. The number of aliphatic hydroxyl groups is 2. The molecule has 0 spiro atoms. The molecule has 0 bridgehead atoms. The lowest BCUT2D eigenvalue weighted by Crippen LogP contribution is -2.75. The smallest absolute Gasteiger partial charge is 0.338 e. The highest BCUT2D eigenvalue weighted by Crippen LogP contribution is 2.77. The van der Waals surface area contributed by atoms with Crippen LogP contribution in [0.15, 0.2) is 35.4 Å². The quantitative estimate of drug-likeness (QED) is 0.253. The fourth-order valence-corrected chi connectivity index (χ4v) is 12.4. The van der Waals surface area contributed by atoms with Crippen LogP contribution in [0.25, 0.3) is 0 Å². The Bertz CT molecular complexity index is 1280. The van der Waals surface area contributed by atoms with E-state index >= 15 is 0 Å². The van der Waals surface area contributed by atoms with E-state index in [0.29, 0.717) is 17.4 Å². The molecule has 0 unspecified atom stereocenters. The summed E-state index contributed by atoms with van der Waals surface area (Å²) in [5.74, 6) is 0.736. The molecule has 5 heteroatoms. The van der Waals surface area contributed by atoms with Gasteiger partial charge in [-0.25, -0.2) is 4.79 Å². The third-order valence-electron chi connectivity index (χ3n) is 14.5. The van der Waals surface area contributed by atoms with Crippen LogP contribution in [-0.4, -0.2) is 39.6 Å². The van der Waals surface area contributed by atoms with E-state index in [4.69, 9.17) is 4.74 Å². The molecule has 1 aromatic carbocycles. The van der Waals surface area contributed by atoms with Crippen LogP contribution in [0.2, 0.25) is 0 Å². The number of rotatable bonds is 3. The number of ether oxygens (including phenoxy) is 1. The second-order valence-electron chi connectivity index (χ2n) is 16.7. The summed E-state index contributed by atoms with van der Waals surface area (Å²) in [7, 11) is 0. The minimum absolute atomic E-state index is 0.101. The van der Waals surface area contributed by atoms with E-state index in [1.54, 1.807) is 23.3 Å². The Hall–Kier alpha value is -1.85. The van der Waals surface area contributed by atoms with Crippen LogP contribution in [0, 0.1) is 50.7 Å². The fourth-order valence-electron chi connectivity index (χ4n) is 12.4. The number of hydrogen-bond donors (Lipinski definition) is 3. The monoisotopic (exact) mass is 578 g/mol. The predicted molar refractivity (Wildman–Crippen MR) is 165 cm³/mol. The maximum Gasteiger partial charge on any atom is 0.338 e. The third-order valence-corrected chi connectivity index (χ3v) is 14.5. The summed E-state index contributed by atoms with van der Waals surface area (Å²) in [4.78, 5) is 13.8. The molecular formula is C37H54O5. The molecule has 3 N–H and O–H groups in total. The van der Waals surface area contributed by atoms with Gasteiger partial charge in [0.1, 0.15) is 11.9 Å². The first-order valence-electron chi connectivity index (χ1n) is 16.6. The van der Waals surface area contributed by atoms with Gasteiger partial charge >= 0.3 is 5.97 Å². The van der Waals surface area contributed by atoms with Crippen molar-refractivity contribution in [3.63, 3.8) is 0 Å². The number of carbonyl (C=O) groups excluding carboxylic acids is 1. The first kappa shape index (κ1) is 30.2. The summed E-state index contributed by atoms with van der Waals surface area (Å²) in [6.45, 7) is 18.6. The van der Waals surface area contributed by atoms with Gasteiger partial charge in [-0.3, -0.25) is 0 Å². The standard InChI is InChI=1S/C37H54O5/c1-21(2)24-15-18-34(5)25(24)16-20-36(7)26(34)13-14-27-35(6)19-17-28(39)33(3,4)30(35)29(40)31(37(27,36)8)42-32(41)22-9-11-23(38)12-10-22/h9-12,21,26-31,38-40H,13-20H2,1-8H3/t26-,27-,28+,29+,30+,31+,34+,35-,36-,37+/m1/s1. The largest absolute Gasteiger partial charge is 0.508 e. The van der Waals surface area contributed by atoms with Gasteiger partial charge in [-0.1, -0.05) is 66.5 Å². The van der Waals surface area contributed by atoms with E-state index in [9.17, 15) is 20.1 Å². The van der Waals surface area contributed by atoms with E-state index in [1.807, 2.05) is 0 Å². The molecule has 0 radical (unpaired) electrons. The lowest BCUT2D eigenvalue weighted by atomic mass is 9.31. The molecular weight excluding hydrogens is 524 g/mol. The average molecular weight is 579 g/mol. The van der Waals surface area contributed by atoms with Crippen LogP contribution in [-0.2, 0) is 4.74 Å². The molecule has 1 aromatic rings. The fraction of sp³-hybridized carbons (Fsp3) is 0.757. The van der Waals surface area contributed by atoms with Crippen molar-refractivity contribution in [3.05, 3.63) is 41.0 Å². The first-order chi connectivity index (χ1) is 19.5. The lowest BCUT2D eigenvalue weighted by Gasteiger charge is -2.74. The number of fused-ring (bicyclic) bond motifs is 7. The number of carbonyl (C=O) groups is 1. The topological polar surface area (TPSA) is 87.0 Å². The van der Waals surface area contributed by atoms with Crippen molar-refractivity contribution in [1.29, 1.82) is 0 Å². The number of phenols is 1. The molecule has 232 valence electrons. The van der Waals surface area contributed by atoms with Crippen molar-refractivity contribution in [2.45, 2.75) is 125 Å². The van der Waals surface area contributed by atoms with E-state index in [-0.39, 0.29) is 33.8 Å². The molecule has 6 rings (SSSR count). The Morgan fingerprint density at radius 1 is 0.881 bits per heavy atom. The number of aromatic hydroxyl groups is 1. The van der Waals surface area contributed by atoms with Crippen molar-refractivity contribution in [2.24, 2.45) is 50.7 Å². The van der Waals surface area contributed by atoms with Gasteiger partial charge in [0.25, 0.3) is 0 Å². The molecule has 4 saturated carbocycles. The second-order valence-corrected chi connectivity index (χ2v) is 16.7. The zero-order valence-corrected chi connectivity index (χ0v) is 27.2. The van der Waals surface area contributed by atoms with Gasteiger partial charge < -0.3 is 20.1 Å². The zero-order valence-electron chi connectivity index (χ0n) is 27.2. The minimum Gasteiger partial charge on any atom is -0.508 e. The second kappa shape index (κ2) is 9.57. The highest BCUT2D eigenvalue weighted by molar-refractivity contribution is 5.89. The molecule has 5 aliphatic carbocycles. The van der Waals surface area contributed by atoms with E-state index in [1.165, 1.54) is 25.0 Å². The van der Waals surface area contributed by atoms with Gasteiger partial charge in [-0.15, -0.1) is 0 Å². The van der Waals surface area contributed by atoms with Crippen LogP contribution in [0.3, 0.4) is 0 Å². The summed E-state index contributed by atoms with van der Waals surface area (Å²) >= 11 is 0. The molecule has 42 heavy (non-hydrogen) atoms. The van der Waals surface area contributed by atoms with Gasteiger partial charge in [-0.05, 0) is 115 Å². The summed E-state index contributed by atoms with van der Waals surface area (Å²) in [5.41, 5.74) is 2.62. The molecule has 0 aromatic heterocycles. The summed E-state index contributed by atoms with van der Waals surface area (Å²) in [5, 5.41) is 33.6. The van der Waals surface area contributed by atoms with Gasteiger partial charge in [0.05, 0.1) is 17.8 Å². The SMILES string of the molecule is CC(C)C1=C2CC[C@]3(C)[C@H](CC[C@@H]4[C@@]5(C)CC[C@H](O)C(C)(C)[C@@H]5[C@H](O)[C@H](OC(=O)c5ccc(O)cc5)[C@]43C)[C@@]2(C)CC1. The molecule has 0 amide bonds. The zero-order chi connectivity index (χ0) is 30.6. The summed E-state index contributed by atoms with van der Waals surface area (Å²) in [6.07, 6.45) is 6.22. The van der Waals surface area contributed by atoms with Crippen molar-refractivity contribution in [1.82, 2.24) is 0 Å². The van der Waals surface area contributed by atoms with Gasteiger partial charge in [0, 0.05) is 11.3 Å². The maximum atomic E-state index is 13.8. The number of allylic oxidation sites excluding steroid dienone is 2. The van der Waals surface area contributed by atoms with Crippen molar-refractivity contribution in [2.75, 3.05) is 0 Å². The van der Waals surface area contributed by atoms with E-state index in [2.05, 4.69) is 55.4 Å². The predicted octanol–water partition coefficient (Wildman–Crippen LogP) is 7.68. The summed E-state index contributed by atoms with van der Waals surface area (Å²) in [6, 6.07) is 6.22. The maximum absolute atomic E-state index is 13.8. The van der Waals surface area contributed by atoms with Crippen molar-refractivity contribution in [3.8, 4) is 5.75 Å². The highest BCUT2D eigenvalue weighted by Gasteiger charge is 2.75. The van der Waals surface area contributed by atoms with Crippen LogP contribution < -0.4 is 0 Å². The van der Waals surface area contributed by atoms with Crippen molar-refractivity contribution >= 4 is 5.97 Å². The normalized spacial score (nSPS) is 46.0. The Balaban J connectivity index is 1.50. The Labute approximate surface area is 253 Å². The number of benzene rings is 1. The number of esters is 1. The molecule has 4 fully saturated rings. The first-order valence-corrected chi connectivity index (χ1v) is 16.6. The molecule has 10 atom stereocenters. The molecule has 5 aliphatic rings. The van der Waals surface area contributed by atoms with Crippen molar-refractivity contribution < 1.29 is 24.9 Å². The number of aliphatic hydroxyl groups excluding tert-OH is 2. The molecule has 0 saturated heterocycles. The van der Waals surface area contributed by atoms with Gasteiger partial charge in [0.15, 0.2) is 0 Å². The van der Waals surface area contributed by atoms with Crippen LogP contribution >= 0.6 is 0 Å². The van der Waals surface area contributed by atoms with E-state index < -0.39 is 35.1 Å². The number of hydrogen-bond acceptors (Lipinski definition) is 5. The third kappa shape index (κ3) is 3.77. The molecule has 5 nitrogen and oxygen atoms in total. The van der Waals surface area contributed by atoms with Crippen LogP contribution in [0.1, 0.15) is 117 Å². The van der Waals surface area contributed by atoms with E-state index in [0.717, 1.165) is 38.5 Å². The van der Waals surface area contributed by atoms with Gasteiger partial charge in [0.2, 0.25) is 0 Å². The minimum atomic E-state index is -0.891. The van der Waals surface area contributed by atoms with Crippen LogP contribution in [0.5, 0.6) is 5.75 Å². The summed E-state index contributed by atoms with van der Waals surface area (Å²) < 4.78 is 6.58. The Morgan fingerprint density at radius 3 is 2.17 bits per heavy atom. The molecule has 0 aliphatic heterocycles. The average Bonchev–Trinajstić information content (AvgIpc) is 3.27. The van der Waals surface area contributed by atoms with Crippen LogP contribution in [0.4, 0.5) is 0 Å². The Morgan fingerprint density at radius 2 is 1.52 bits per heavy atom. The Kier molecular flexibility index (Phi) is 6.88. The van der Waals surface area contributed by atoms with Gasteiger partial charge in [-0.2, -0.15) is 0 Å². The highest BCUT2D eigenvalue weighted by atomic mass is 16.6. The molecule has 0 heterocycles. The lowest BCUT2D eigenvalue weighted by molar-refractivity contribution is -0.310.